The number of likely N-dealkylation sites (tertiary alicyclic amines) is 1. The molecule has 8 heteroatoms. The molecule has 112 valence electrons. The van der Waals surface area contributed by atoms with Crippen LogP contribution in [0.1, 0.15) is 44.8 Å². The smallest absolute Gasteiger partial charge is 0.341 e. The van der Waals surface area contributed by atoms with Gasteiger partial charge < -0.3 is 9.42 Å². The van der Waals surface area contributed by atoms with Gasteiger partial charge in [-0.3, -0.25) is 4.79 Å². The molecule has 1 saturated heterocycles. The SMILES string of the molecule is CC(C)(C)C(=O)N1CC[C@H](c2noc(C(F)(F)F)n2)C1. The maximum Gasteiger partial charge on any atom is 0.471 e. The van der Waals surface area contributed by atoms with Gasteiger partial charge in [0.15, 0.2) is 5.82 Å². The van der Waals surface area contributed by atoms with Crippen LogP contribution in [0.4, 0.5) is 13.2 Å². The average Bonchev–Trinajstić information content (AvgIpc) is 2.94. The van der Waals surface area contributed by atoms with Gasteiger partial charge in [-0.1, -0.05) is 25.9 Å². The van der Waals surface area contributed by atoms with Crippen LogP contribution in [-0.4, -0.2) is 34.0 Å². The number of carbonyl (C=O) groups excluding carboxylic acids is 1. The molecule has 1 amide bonds. The number of hydrogen-bond acceptors (Lipinski definition) is 4. The van der Waals surface area contributed by atoms with Crippen molar-refractivity contribution < 1.29 is 22.5 Å². The van der Waals surface area contributed by atoms with E-state index < -0.39 is 17.5 Å². The molecule has 0 N–H and O–H groups in total. The van der Waals surface area contributed by atoms with Gasteiger partial charge in [0.1, 0.15) is 0 Å². The van der Waals surface area contributed by atoms with Crippen LogP contribution in [-0.2, 0) is 11.0 Å². The van der Waals surface area contributed by atoms with Crippen molar-refractivity contribution in [2.75, 3.05) is 13.1 Å². The van der Waals surface area contributed by atoms with Gasteiger partial charge in [-0.2, -0.15) is 18.2 Å². The first-order valence-electron chi connectivity index (χ1n) is 6.29. The highest BCUT2D eigenvalue weighted by atomic mass is 19.4. The Balaban J connectivity index is 2.07. The average molecular weight is 291 g/mol. The van der Waals surface area contributed by atoms with Gasteiger partial charge in [0.25, 0.3) is 0 Å². The summed E-state index contributed by atoms with van der Waals surface area (Å²) in [4.78, 5) is 17.1. The Morgan fingerprint density at radius 2 is 2.00 bits per heavy atom. The molecule has 0 aromatic carbocycles. The van der Waals surface area contributed by atoms with E-state index in [1.165, 1.54) is 0 Å². The molecule has 1 atom stereocenters. The lowest BCUT2D eigenvalue weighted by Gasteiger charge is -2.25. The number of nitrogens with zero attached hydrogens (tertiary/aromatic N) is 3. The lowest BCUT2D eigenvalue weighted by atomic mass is 9.95. The number of hydrogen-bond donors (Lipinski definition) is 0. The maximum atomic E-state index is 12.4. The summed E-state index contributed by atoms with van der Waals surface area (Å²) in [5.41, 5.74) is -0.511. The summed E-state index contributed by atoms with van der Waals surface area (Å²) >= 11 is 0. The lowest BCUT2D eigenvalue weighted by molar-refractivity contribution is -0.159. The molecule has 0 bridgehead atoms. The molecule has 1 aliphatic rings. The molecule has 0 unspecified atom stereocenters. The van der Waals surface area contributed by atoms with Crippen molar-refractivity contribution in [1.29, 1.82) is 0 Å². The minimum atomic E-state index is -4.63. The van der Waals surface area contributed by atoms with E-state index in [2.05, 4.69) is 14.7 Å². The minimum Gasteiger partial charge on any atom is -0.341 e. The molecule has 0 saturated carbocycles. The topological polar surface area (TPSA) is 59.2 Å². The molecule has 5 nitrogen and oxygen atoms in total. The number of alkyl halides is 3. The van der Waals surface area contributed by atoms with E-state index in [1.807, 2.05) is 0 Å². The molecule has 2 heterocycles. The predicted molar refractivity (Wildman–Crippen MR) is 62.7 cm³/mol. The third-order valence-electron chi connectivity index (χ3n) is 3.17. The first kappa shape index (κ1) is 14.8. The Kier molecular flexibility index (Phi) is 3.51. The van der Waals surface area contributed by atoms with Gasteiger partial charge in [-0.15, -0.1) is 0 Å². The summed E-state index contributed by atoms with van der Waals surface area (Å²) in [6.07, 6.45) is -4.09. The second-order valence-electron chi connectivity index (χ2n) is 5.94. The van der Waals surface area contributed by atoms with Crippen molar-refractivity contribution in [2.24, 2.45) is 5.41 Å². The minimum absolute atomic E-state index is 0.0153. The highest BCUT2D eigenvalue weighted by Gasteiger charge is 2.40. The third-order valence-corrected chi connectivity index (χ3v) is 3.17. The highest BCUT2D eigenvalue weighted by molar-refractivity contribution is 5.81. The second-order valence-corrected chi connectivity index (χ2v) is 5.94. The molecular formula is C12H16F3N3O2. The molecule has 1 aromatic rings. The predicted octanol–water partition coefficient (Wildman–Crippen LogP) is 2.45. The van der Waals surface area contributed by atoms with Gasteiger partial charge in [0.05, 0.1) is 0 Å². The first-order valence-corrected chi connectivity index (χ1v) is 6.29. The van der Waals surface area contributed by atoms with Crippen LogP contribution in [0.25, 0.3) is 0 Å². The molecule has 1 aliphatic heterocycles. The van der Waals surface area contributed by atoms with E-state index in [0.29, 0.717) is 19.5 Å². The van der Waals surface area contributed by atoms with Gasteiger partial charge in [-0.25, -0.2) is 0 Å². The van der Waals surface area contributed by atoms with Crippen molar-refractivity contribution in [3.8, 4) is 0 Å². The molecule has 1 fully saturated rings. The molecule has 0 aliphatic carbocycles. The van der Waals surface area contributed by atoms with Crippen LogP contribution in [0.2, 0.25) is 0 Å². The van der Waals surface area contributed by atoms with E-state index in [1.54, 1.807) is 25.7 Å². The molecule has 1 aromatic heterocycles. The summed E-state index contributed by atoms with van der Waals surface area (Å²) in [6, 6.07) is 0. The Morgan fingerprint density at radius 3 is 2.50 bits per heavy atom. The zero-order chi connectivity index (χ0) is 15.1. The van der Waals surface area contributed by atoms with Gasteiger partial charge in [0.2, 0.25) is 5.91 Å². The van der Waals surface area contributed by atoms with Crippen molar-refractivity contribution in [3.63, 3.8) is 0 Å². The molecule has 20 heavy (non-hydrogen) atoms. The van der Waals surface area contributed by atoms with Gasteiger partial charge >= 0.3 is 12.1 Å². The number of amides is 1. The number of rotatable bonds is 1. The van der Waals surface area contributed by atoms with E-state index >= 15 is 0 Å². The Morgan fingerprint density at radius 1 is 1.35 bits per heavy atom. The summed E-state index contributed by atoms with van der Waals surface area (Å²) in [5, 5.41) is 3.38. The summed E-state index contributed by atoms with van der Waals surface area (Å²) in [5.74, 6) is -1.66. The molecule has 2 rings (SSSR count). The van der Waals surface area contributed by atoms with Crippen LogP contribution in [0, 0.1) is 5.41 Å². The summed E-state index contributed by atoms with van der Waals surface area (Å²) in [7, 11) is 0. The van der Waals surface area contributed by atoms with E-state index in [0.717, 1.165) is 0 Å². The Hall–Kier alpha value is -1.60. The van der Waals surface area contributed by atoms with Crippen LogP contribution in [0.5, 0.6) is 0 Å². The summed E-state index contributed by atoms with van der Waals surface area (Å²) in [6.45, 7) is 6.24. The van der Waals surface area contributed by atoms with Crippen molar-refractivity contribution in [3.05, 3.63) is 11.7 Å². The van der Waals surface area contributed by atoms with Gasteiger partial charge in [0, 0.05) is 24.4 Å². The van der Waals surface area contributed by atoms with Crippen LogP contribution >= 0.6 is 0 Å². The van der Waals surface area contributed by atoms with Crippen molar-refractivity contribution in [1.82, 2.24) is 15.0 Å². The monoisotopic (exact) mass is 291 g/mol. The fourth-order valence-electron chi connectivity index (χ4n) is 2.15. The number of aromatic nitrogens is 2. The van der Waals surface area contributed by atoms with Crippen molar-refractivity contribution >= 4 is 5.91 Å². The second kappa shape index (κ2) is 4.75. The quantitative estimate of drug-likeness (QED) is 0.797. The highest BCUT2D eigenvalue weighted by Crippen LogP contribution is 2.32. The normalized spacial score (nSPS) is 20.5. The lowest BCUT2D eigenvalue weighted by Crippen LogP contribution is -2.37. The largest absolute Gasteiger partial charge is 0.471 e. The van der Waals surface area contributed by atoms with E-state index in [-0.39, 0.29) is 17.6 Å². The molecule has 0 radical (unpaired) electrons. The summed E-state index contributed by atoms with van der Waals surface area (Å²) < 4.78 is 41.4. The fourth-order valence-corrected chi connectivity index (χ4v) is 2.15. The first-order chi connectivity index (χ1) is 9.09. The van der Waals surface area contributed by atoms with Crippen LogP contribution in [0.15, 0.2) is 4.52 Å². The van der Waals surface area contributed by atoms with E-state index in [9.17, 15) is 18.0 Å². The van der Waals surface area contributed by atoms with Crippen LogP contribution in [0.3, 0.4) is 0 Å². The maximum absolute atomic E-state index is 12.4. The van der Waals surface area contributed by atoms with E-state index in [4.69, 9.17) is 0 Å². The van der Waals surface area contributed by atoms with Crippen LogP contribution < -0.4 is 0 Å². The Bertz CT molecular complexity index is 505. The third kappa shape index (κ3) is 2.94. The molecular weight excluding hydrogens is 275 g/mol. The fraction of sp³-hybridized carbons (Fsp3) is 0.750. The Labute approximate surface area is 114 Å². The molecule has 0 spiro atoms. The van der Waals surface area contributed by atoms with Crippen molar-refractivity contribution in [2.45, 2.75) is 39.3 Å². The van der Waals surface area contributed by atoms with Gasteiger partial charge in [-0.05, 0) is 6.42 Å². The standard InChI is InChI=1S/C12H16F3N3O2/c1-11(2,3)10(19)18-5-4-7(6-18)8-16-9(20-17-8)12(13,14)15/h7H,4-6H2,1-3H3/t7-/m0/s1. The zero-order valence-corrected chi connectivity index (χ0v) is 11.5. The number of carbonyl (C=O) groups is 1. The number of halogens is 3. The zero-order valence-electron chi connectivity index (χ0n) is 11.5.